The molecule has 3 rings (SSSR count). The van der Waals surface area contributed by atoms with Crippen LogP contribution in [0.15, 0.2) is 46.9 Å². The fraction of sp³-hybridized carbons (Fsp3) is 0.316. The standard InChI is InChI=1S/C19H20BrFN2O/c1-14-12-17(6-7-18(14)20)22-8-10-23(11-9-22)19(24)13-15-2-4-16(21)5-3-15/h2-7,12H,8-11,13H2,1H3. The summed E-state index contributed by atoms with van der Waals surface area (Å²) in [5, 5.41) is 0. The fourth-order valence-corrected chi connectivity index (χ4v) is 3.17. The monoisotopic (exact) mass is 390 g/mol. The highest BCUT2D eigenvalue weighted by Gasteiger charge is 2.21. The van der Waals surface area contributed by atoms with Crippen LogP contribution in [0.1, 0.15) is 11.1 Å². The molecule has 0 N–H and O–H groups in total. The Hall–Kier alpha value is -1.88. The van der Waals surface area contributed by atoms with Gasteiger partial charge in [-0.25, -0.2) is 4.39 Å². The van der Waals surface area contributed by atoms with Crippen molar-refractivity contribution in [3.63, 3.8) is 0 Å². The Labute approximate surface area is 150 Å². The van der Waals surface area contributed by atoms with Crippen LogP contribution < -0.4 is 4.90 Å². The Bertz CT molecular complexity index is 725. The molecule has 0 atom stereocenters. The summed E-state index contributed by atoms with van der Waals surface area (Å²) in [4.78, 5) is 16.6. The van der Waals surface area contributed by atoms with E-state index in [1.165, 1.54) is 23.4 Å². The quantitative estimate of drug-likeness (QED) is 0.795. The van der Waals surface area contributed by atoms with Crippen molar-refractivity contribution in [2.24, 2.45) is 0 Å². The van der Waals surface area contributed by atoms with Crippen molar-refractivity contribution in [1.29, 1.82) is 0 Å². The Kier molecular flexibility index (Phi) is 5.19. The van der Waals surface area contributed by atoms with Crippen LogP contribution in [0.25, 0.3) is 0 Å². The van der Waals surface area contributed by atoms with Crippen molar-refractivity contribution in [2.45, 2.75) is 13.3 Å². The molecule has 2 aromatic carbocycles. The van der Waals surface area contributed by atoms with E-state index in [2.05, 4.69) is 46.0 Å². The van der Waals surface area contributed by atoms with Crippen LogP contribution in [-0.4, -0.2) is 37.0 Å². The molecular formula is C19H20BrFN2O. The van der Waals surface area contributed by atoms with E-state index in [4.69, 9.17) is 0 Å². The van der Waals surface area contributed by atoms with Crippen molar-refractivity contribution in [3.05, 3.63) is 63.9 Å². The summed E-state index contributed by atoms with van der Waals surface area (Å²) in [6.07, 6.45) is 0.331. The Morgan fingerprint density at radius 3 is 2.38 bits per heavy atom. The van der Waals surface area contributed by atoms with Gasteiger partial charge < -0.3 is 9.80 Å². The fourth-order valence-electron chi connectivity index (χ4n) is 2.93. The second-order valence-electron chi connectivity index (χ2n) is 6.10. The topological polar surface area (TPSA) is 23.6 Å². The van der Waals surface area contributed by atoms with Gasteiger partial charge in [-0.05, 0) is 48.4 Å². The first-order valence-electron chi connectivity index (χ1n) is 8.06. The lowest BCUT2D eigenvalue weighted by molar-refractivity contribution is -0.130. The smallest absolute Gasteiger partial charge is 0.227 e. The summed E-state index contributed by atoms with van der Waals surface area (Å²) in [6.45, 7) is 5.17. The zero-order valence-corrected chi connectivity index (χ0v) is 15.2. The summed E-state index contributed by atoms with van der Waals surface area (Å²) in [5.74, 6) is -0.169. The number of benzene rings is 2. The van der Waals surface area contributed by atoms with E-state index in [9.17, 15) is 9.18 Å². The van der Waals surface area contributed by atoms with Crippen molar-refractivity contribution < 1.29 is 9.18 Å². The van der Waals surface area contributed by atoms with Crippen LogP contribution in [0.5, 0.6) is 0 Å². The Balaban J connectivity index is 1.57. The molecule has 126 valence electrons. The number of carbonyl (C=O) groups is 1. The summed E-state index contributed by atoms with van der Waals surface area (Å²) in [5.41, 5.74) is 3.26. The Morgan fingerprint density at radius 2 is 1.75 bits per heavy atom. The van der Waals surface area contributed by atoms with Gasteiger partial charge in [0.05, 0.1) is 6.42 Å². The molecule has 0 radical (unpaired) electrons. The third-order valence-electron chi connectivity index (χ3n) is 4.41. The van der Waals surface area contributed by atoms with Gasteiger partial charge in [0.1, 0.15) is 5.82 Å². The van der Waals surface area contributed by atoms with Crippen molar-refractivity contribution in [3.8, 4) is 0 Å². The van der Waals surface area contributed by atoms with Crippen molar-refractivity contribution in [1.82, 2.24) is 4.90 Å². The molecule has 1 aliphatic heterocycles. The summed E-state index contributed by atoms with van der Waals surface area (Å²) in [7, 11) is 0. The predicted molar refractivity (Wildman–Crippen MR) is 97.8 cm³/mol. The molecule has 1 aliphatic rings. The van der Waals surface area contributed by atoms with Crippen LogP contribution in [-0.2, 0) is 11.2 Å². The summed E-state index contributed by atoms with van der Waals surface area (Å²) in [6, 6.07) is 12.5. The normalized spacial score (nSPS) is 14.8. The number of amides is 1. The molecule has 1 fully saturated rings. The zero-order valence-electron chi connectivity index (χ0n) is 13.6. The number of nitrogens with zero attached hydrogens (tertiary/aromatic N) is 2. The predicted octanol–water partition coefficient (Wildman–Crippen LogP) is 3.79. The molecule has 3 nitrogen and oxygen atoms in total. The van der Waals surface area contributed by atoms with Gasteiger partial charge in [-0.2, -0.15) is 0 Å². The van der Waals surface area contributed by atoms with E-state index < -0.39 is 0 Å². The molecule has 24 heavy (non-hydrogen) atoms. The van der Waals surface area contributed by atoms with E-state index in [1.54, 1.807) is 12.1 Å². The molecule has 0 unspecified atom stereocenters. The number of aryl methyl sites for hydroxylation is 1. The minimum absolute atomic E-state index is 0.105. The minimum atomic E-state index is -0.274. The molecule has 0 aromatic heterocycles. The number of piperazine rings is 1. The number of carbonyl (C=O) groups excluding carboxylic acids is 1. The third-order valence-corrected chi connectivity index (χ3v) is 5.30. The molecule has 1 amide bonds. The average Bonchev–Trinajstić information content (AvgIpc) is 2.59. The highest BCUT2D eigenvalue weighted by atomic mass is 79.9. The van der Waals surface area contributed by atoms with Crippen LogP contribution in [0.2, 0.25) is 0 Å². The van der Waals surface area contributed by atoms with Crippen LogP contribution in [0.4, 0.5) is 10.1 Å². The van der Waals surface area contributed by atoms with Crippen LogP contribution in [0, 0.1) is 12.7 Å². The van der Waals surface area contributed by atoms with E-state index in [-0.39, 0.29) is 11.7 Å². The molecule has 0 bridgehead atoms. The molecular weight excluding hydrogens is 371 g/mol. The van der Waals surface area contributed by atoms with E-state index in [0.29, 0.717) is 6.42 Å². The minimum Gasteiger partial charge on any atom is -0.368 e. The molecule has 0 aliphatic carbocycles. The molecule has 5 heteroatoms. The van der Waals surface area contributed by atoms with Crippen LogP contribution in [0.3, 0.4) is 0 Å². The lowest BCUT2D eigenvalue weighted by Crippen LogP contribution is -2.49. The molecule has 0 spiro atoms. The van der Waals surface area contributed by atoms with E-state index in [1.807, 2.05) is 4.90 Å². The van der Waals surface area contributed by atoms with Crippen molar-refractivity contribution >= 4 is 27.5 Å². The molecule has 2 aromatic rings. The van der Waals surface area contributed by atoms with E-state index >= 15 is 0 Å². The molecule has 1 heterocycles. The number of hydrogen-bond acceptors (Lipinski definition) is 2. The van der Waals surface area contributed by atoms with Crippen molar-refractivity contribution in [2.75, 3.05) is 31.1 Å². The zero-order chi connectivity index (χ0) is 17.1. The van der Waals surface area contributed by atoms with Gasteiger partial charge in [-0.15, -0.1) is 0 Å². The van der Waals surface area contributed by atoms with Gasteiger partial charge in [0.15, 0.2) is 0 Å². The maximum atomic E-state index is 12.9. The number of rotatable bonds is 3. The lowest BCUT2D eigenvalue weighted by Gasteiger charge is -2.36. The summed E-state index contributed by atoms with van der Waals surface area (Å²) >= 11 is 3.52. The second-order valence-corrected chi connectivity index (χ2v) is 6.96. The highest BCUT2D eigenvalue weighted by molar-refractivity contribution is 9.10. The molecule has 0 saturated carbocycles. The van der Waals surface area contributed by atoms with Gasteiger partial charge >= 0.3 is 0 Å². The molecule has 1 saturated heterocycles. The number of halogens is 2. The summed E-state index contributed by atoms with van der Waals surface area (Å²) < 4.78 is 14.0. The first-order valence-corrected chi connectivity index (χ1v) is 8.85. The van der Waals surface area contributed by atoms with Gasteiger partial charge in [0.2, 0.25) is 5.91 Å². The largest absolute Gasteiger partial charge is 0.368 e. The second kappa shape index (κ2) is 7.34. The van der Waals surface area contributed by atoms with Gasteiger partial charge in [-0.3, -0.25) is 4.79 Å². The first kappa shape index (κ1) is 17.0. The van der Waals surface area contributed by atoms with Gasteiger partial charge in [0.25, 0.3) is 0 Å². The first-order chi connectivity index (χ1) is 11.5. The lowest BCUT2D eigenvalue weighted by atomic mass is 10.1. The highest BCUT2D eigenvalue weighted by Crippen LogP contribution is 2.24. The van der Waals surface area contributed by atoms with Gasteiger partial charge in [-0.1, -0.05) is 28.1 Å². The average molecular weight is 391 g/mol. The number of hydrogen-bond donors (Lipinski definition) is 0. The SMILES string of the molecule is Cc1cc(N2CCN(C(=O)Cc3ccc(F)cc3)CC2)ccc1Br. The van der Waals surface area contributed by atoms with E-state index in [0.717, 1.165) is 36.2 Å². The maximum absolute atomic E-state index is 12.9. The van der Waals surface area contributed by atoms with Crippen LogP contribution >= 0.6 is 15.9 Å². The third kappa shape index (κ3) is 3.96. The number of anilines is 1. The van der Waals surface area contributed by atoms with Gasteiger partial charge in [0, 0.05) is 36.3 Å². The maximum Gasteiger partial charge on any atom is 0.227 e. The Morgan fingerprint density at radius 1 is 1.08 bits per heavy atom.